The molecule has 0 aliphatic heterocycles. The number of carbonyl (C=O) groups is 1. The third-order valence-electron chi connectivity index (χ3n) is 4.10. The number of amides is 1. The highest BCUT2D eigenvalue weighted by Crippen LogP contribution is 2.30. The van der Waals surface area contributed by atoms with Crippen LogP contribution >= 0.6 is 0 Å². The Morgan fingerprint density at radius 1 is 1.24 bits per heavy atom. The fraction of sp³-hybridized carbons (Fsp3) is 0.533. The summed E-state index contributed by atoms with van der Waals surface area (Å²) in [5.41, 5.74) is 6.37. The minimum absolute atomic E-state index is 0.0164. The number of nitrogens with one attached hydrogen (secondary N) is 1. The maximum absolute atomic E-state index is 12.3. The normalized spacial score (nSPS) is 22.8. The third-order valence-corrected chi connectivity index (χ3v) is 5.23. The molecule has 1 amide bonds. The predicted octanol–water partition coefficient (Wildman–Crippen LogP) is 1.79. The number of rotatable bonds is 4. The Morgan fingerprint density at radius 2 is 1.86 bits per heavy atom. The summed E-state index contributed by atoms with van der Waals surface area (Å²) in [6.07, 6.45) is 5.22. The van der Waals surface area contributed by atoms with Gasteiger partial charge < -0.3 is 11.1 Å². The number of sulfone groups is 1. The van der Waals surface area contributed by atoms with Crippen LogP contribution in [0.25, 0.3) is 0 Å². The van der Waals surface area contributed by atoms with Crippen molar-refractivity contribution in [2.45, 2.75) is 30.6 Å². The maximum atomic E-state index is 12.3. The molecule has 0 bridgehead atoms. The van der Waals surface area contributed by atoms with Gasteiger partial charge >= 0.3 is 0 Å². The molecule has 1 saturated carbocycles. The lowest BCUT2D eigenvalue weighted by Crippen LogP contribution is -2.35. The van der Waals surface area contributed by atoms with Crippen LogP contribution in [0.4, 0.5) is 5.69 Å². The SMILES string of the molecule is CS(=O)(=O)c1ccc(NC(=O)C2CCCCC2CN)cc1. The number of anilines is 1. The van der Waals surface area contributed by atoms with E-state index in [1.165, 1.54) is 12.1 Å². The van der Waals surface area contributed by atoms with E-state index in [9.17, 15) is 13.2 Å². The van der Waals surface area contributed by atoms with Crippen molar-refractivity contribution in [2.75, 3.05) is 18.1 Å². The largest absolute Gasteiger partial charge is 0.330 e. The van der Waals surface area contributed by atoms with Gasteiger partial charge in [-0.05, 0) is 49.6 Å². The van der Waals surface area contributed by atoms with Crippen LogP contribution in [-0.2, 0) is 14.6 Å². The highest BCUT2D eigenvalue weighted by molar-refractivity contribution is 7.90. The average molecular weight is 310 g/mol. The minimum atomic E-state index is -3.21. The quantitative estimate of drug-likeness (QED) is 0.887. The lowest BCUT2D eigenvalue weighted by Gasteiger charge is -2.29. The summed E-state index contributed by atoms with van der Waals surface area (Å²) in [6, 6.07) is 6.25. The second-order valence-electron chi connectivity index (χ2n) is 5.67. The second-order valence-corrected chi connectivity index (χ2v) is 7.69. The predicted molar refractivity (Wildman–Crippen MR) is 82.7 cm³/mol. The van der Waals surface area contributed by atoms with E-state index in [4.69, 9.17) is 5.73 Å². The van der Waals surface area contributed by atoms with Gasteiger partial charge in [0.15, 0.2) is 9.84 Å². The topological polar surface area (TPSA) is 89.3 Å². The summed E-state index contributed by atoms with van der Waals surface area (Å²) >= 11 is 0. The molecule has 0 aromatic heterocycles. The van der Waals surface area contributed by atoms with Crippen LogP contribution in [-0.4, -0.2) is 27.1 Å². The zero-order valence-corrected chi connectivity index (χ0v) is 13.0. The summed E-state index contributed by atoms with van der Waals surface area (Å²) in [5.74, 6) is 0.185. The first-order valence-corrected chi connectivity index (χ1v) is 9.12. The molecule has 1 aromatic rings. The number of nitrogens with two attached hydrogens (primary N) is 1. The first-order valence-electron chi connectivity index (χ1n) is 7.23. The Morgan fingerprint density at radius 3 is 2.43 bits per heavy atom. The van der Waals surface area contributed by atoms with Crippen LogP contribution in [0, 0.1) is 11.8 Å². The molecular formula is C15H22N2O3S. The maximum Gasteiger partial charge on any atom is 0.227 e. The zero-order valence-electron chi connectivity index (χ0n) is 12.2. The number of carbonyl (C=O) groups excluding carboxylic acids is 1. The standard InChI is InChI=1S/C15H22N2O3S/c1-21(19,20)13-8-6-12(7-9-13)17-15(18)14-5-3-2-4-11(14)10-16/h6-9,11,14H,2-5,10,16H2,1H3,(H,17,18). The van der Waals surface area contributed by atoms with E-state index in [-0.39, 0.29) is 22.6 Å². The Labute approximate surface area is 125 Å². The lowest BCUT2D eigenvalue weighted by atomic mass is 9.78. The smallest absolute Gasteiger partial charge is 0.227 e. The summed E-state index contributed by atoms with van der Waals surface area (Å²) in [6.45, 7) is 0.533. The Bertz CT molecular complexity index is 596. The molecule has 0 heterocycles. The minimum Gasteiger partial charge on any atom is -0.330 e. The Hall–Kier alpha value is -1.40. The first-order chi connectivity index (χ1) is 9.91. The van der Waals surface area contributed by atoms with Gasteiger partial charge in [-0.15, -0.1) is 0 Å². The van der Waals surface area contributed by atoms with Gasteiger partial charge in [-0.3, -0.25) is 4.79 Å². The second kappa shape index (κ2) is 6.58. The molecule has 6 heteroatoms. The average Bonchev–Trinajstić information content (AvgIpc) is 2.46. The summed E-state index contributed by atoms with van der Waals surface area (Å²) in [7, 11) is -3.21. The Balaban J connectivity index is 2.05. The molecule has 5 nitrogen and oxygen atoms in total. The molecule has 1 aromatic carbocycles. The van der Waals surface area contributed by atoms with Crippen molar-refractivity contribution in [1.29, 1.82) is 0 Å². The highest BCUT2D eigenvalue weighted by atomic mass is 32.2. The number of benzene rings is 1. The van der Waals surface area contributed by atoms with E-state index in [2.05, 4.69) is 5.32 Å². The molecule has 2 unspecified atom stereocenters. The van der Waals surface area contributed by atoms with Crippen molar-refractivity contribution < 1.29 is 13.2 Å². The van der Waals surface area contributed by atoms with Crippen LogP contribution in [0.2, 0.25) is 0 Å². The van der Waals surface area contributed by atoms with Crippen LogP contribution < -0.4 is 11.1 Å². The molecule has 0 radical (unpaired) electrons. The van der Waals surface area contributed by atoms with E-state index in [1.54, 1.807) is 12.1 Å². The lowest BCUT2D eigenvalue weighted by molar-refractivity contribution is -0.122. The van der Waals surface area contributed by atoms with Crippen LogP contribution in [0.15, 0.2) is 29.2 Å². The van der Waals surface area contributed by atoms with Gasteiger partial charge in [-0.25, -0.2) is 8.42 Å². The van der Waals surface area contributed by atoms with Gasteiger partial charge in [0.1, 0.15) is 0 Å². The molecule has 116 valence electrons. The van der Waals surface area contributed by atoms with Gasteiger partial charge in [-0.2, -0.15) is 0 Å². The number of hydrogen-bond donors (Lipinski definition) is 2. The van der Waals surface area contributed by atoms with E-state index < -0.39 is 9.84 Å². The summed E-state index contributed by atoms with van der Waals surface area (Å²) in [5, 5.41) is 2.87. The van der Waals surface area contributed by atoms with Crippen LogP contribution in [0.5, 0.6) is 0 Å². The van der Waals surface area contributed by atoms with Gasteiger partial charge in [-0.1, -0.05) is 12.8 Å². The molecule has 0 saturated heterocycles. The molecule has 2 rings (SSSR count). The molecule has 0 spiro atoms. The van der Waals surface area contributed by atoms with Crippen molar-refractivity contribution >= 4 is 21.4 Å². The summed E-state index contributed by atoms with van der Waals surface area (Å²) in [4.78, 5) is 12.6. The molecule has 1 fully saturated rings. The fourth-order valence-electron chi connectivity index (χ4n) is 2.86. The number of hydrogen-bond acceptors (Lipinski definition) is 4. The van der Waals surface area contributed by atoms with Gasteiger partial charge in [0.25, 0.3) is 0 Å². The van der Waals surface area contributed by atoms with E-state index >= 15 is 0 Å². The third kappa shape index (κ3) is 4.04. The highest BCUT2D eigenvalue weighted by Gasteiger charge is 2.29. The van der Waals surface area contributed by atoms with Gasteiger partial charge in [0, 0.05) is 17.9 Å². The first kappa shape index (κ1) is 16.0. The van der Waals surface area contributed by atoms with Gasteiger partial charge in [0.05, 0.1) is 4.90 Å². The molecule has 3 N–H and O–H groups in total. The zero-order chi connectivity index (χ0) is 15.5. The molecule has 2 atom stereocenters. The van der Waals surface area contributed by atoms with Crippen molar-refractivity contribution in [3.05, 3.63) is 24.3 Å². The van der Waals surface area contributed by atoms with E-state index in [0.717, 1.165) is 31.9 Å². The van der Waals surface area contributed by atoms with Crippen molar-refractivity contribution in [3.63, 3.8) is 0 Å². The van der Waals surface area contributed by atoms with E-state index in [1.807, 2.05) is 0 Å². The van der Waals surface area contributed by atoms with Crippen molar-refractivity contribution in [3.8, 4) is 0 Å². The Kier molecular flexibility index (Phi) is 5.00. The van der Waals surface area contributed by atoms with Crippen LogP contribution in [0.3, 0.4) is 0 Å². The van der Waals surface area contributed by atoms with Gasteiger partial charge in [0.2, 0.25) is 5.91 Å². The van der Waals surface area contributed by atoms with Crippen molar-refractivity contribution in [2.24, 2.45) is 17.6 Å². The van der Waals surface area contributed by atoms with E-state index in [0.29, 0.717) is 12.2 Å². The van der Waals surface area contributed by atoms with Crippen molar-refractivity contribution in [1.82, 2.24) is 0 Å². The molecule has 1 aliphatic rings. The molecular weight excluding hydrogens is 288 g/mol. The fourth-order valence-corrected chi connectivity index (χ4v) is 3.49. The summed E-state index contributed by atoms with van der Waals surface area (Å²) < 4.78 is 22.8. The van der Waals surface area contributed by atoms with Crippen LogP contribution in [0.1, 0.15) is 25.7 Å². The monoisotopic (exact) mass is 310 g/mol. The molecule has 1 aliphatic carbocycles. The molecule has 21 heavy (non-hydrogen) atoms.